The van der Waals surface area contributed by atoms with Crippen molar-refractivity contribution in [1.29, 1.82) is 0 Å². The van der Waals surface area contributed by atoms with Crippen LogP contribution in [0, 0.1) is 23.0 Å². The van der Waals surface area contributed by atoms with Crippen LogP contribution in [0.1, 0.15) is 35.2 Å². The van der Waals surface area contributed by atoms with Gasteiger partial charge in [0, 0.05) is 36.1 Å². The van der Waals surface area contributed by atoms with Gasteiger partial charge in [0.2, 0.25) is 0 Å². The molecule has 0 radical (unpaired) electrons. The summed E-state index contributed by atoms with van der Waals surface area (Å²) in [4.78, 5) is 24.9. The lowest BCUT2D eigenvalue weighted by molar-refractivity contribution is -0.384. The lowest BCUT2D eigenvalue weighted by Gasteiger charge is -2.32. The van der Waals surface area contributed by atoms with Gasteiger partial charge < -0.3 is 4.90 Å². The second kappa shape index (κ2) is 7.02. The largest absolute Gasteiger partial charge is 0.338 e. The standard InChI is InChI=1S/C15H19BrN2O3/c1-11-7-13(9-14(8-11)18(20)21)15(19)17-6-2-3-12(10-17)4-5-16/h7-9,12H,2-6,10H2,1H3. The Balaban J connectivity index is 2.17. The van der Waals surface area contributed by atoms with Crippen molar-refractivity contribution in [2.45, 2.75) is 26.2 Å². The molecule has 0 N–H and O–H groups in total. The fraction of sp³-hybridized carbons (Fsp3) is 0.533. The zero-order valence-electron chi connectivity index (χ0n) is 12.0. The van der Waals surface area contributed by atoms with Crippen molar-refractivity contribution < 1.29 is 9.72 Å². The smallest absolute Gasteiger partial charge is 0.270 e. The summed E-state index contributed by atoms with van der Waals surface area (Å²) in [6, 6.07) is 4.59. The number of carbonyl (C=O) groups excluding carboxylic acids is 1. The fourth-order valence-corrected chi connectivity index (χ4v) is 3.46. The minimum atomic E-state index is -0.451. The van der Waals surface area contributed by atoms with Crippen LogP contribution in [0.4, 0.5) is 5.69 Å². The van der Waals surface area contributed by atoms with Gasteiger partial charge in [-0.3, -0.25) is 14.9 Å². The number of amides is 1. The summed E-state index contributed by atoms with van der Waals surface area (Å²) in [7, 11) is 0. The first-order valence-corrected chi connectivity index (χ1v) is 8.24. The van der Waals surface area contributed by atoms with Crippen molar-refractivity contribution in [3.63, 3.8) is 0 Å². The van der Waals surface area contributed by atoms with Gasteiger partial charge in [-0.1, -0.05) is 15.9 Å². The van der Waals surface area contributed by atoms with E-state index in [1.165, 1.54) is 12.1 Å². The van der Waals surface area contributed by atoms with E-state index in [9.17, 15) is 14.9 Å². The van der Waals surface area contributed by atoms with Crippen LogP contribution in [0.5, 0.6) is 0 Å². The van der Waals surface area contributed by atoms with Crippen molar-refractivity contribution in [1.82, 2.24) is 4.90 Å². The van der Waals surface area contributed by atoms with Crippen molar-refractivity contribution >= 4 is 27.5 Å². The number of aryl methyl sites for hydroxylation is 1. The van der Waals surface area contributed by atoms with Gasteiger partial charge in [0.15, 0.2) is 0 Å². The van der Waals surface area contributed by atoms with E-state index < -0.39 is 4.92 Å². The number of hydrogen-bond donors (Lipinski definition) is 0. The Hall–Kier alpha value is -1.43. The number of alkyl halides is 1. The fourth-order valence-electron chi connectivity index (χ4n) is 2.81. The molecule has 0 spiro atoms. The molecule has 0 aliphatic carbocycles. The van der Waals surface area contributed by atoms with Gasteiger partial charge in [-0.25, -0.2) is 0 Å². The maximum Gasteiger partial charge on any atom is 0.270 e. The molecule has 0 saturated carbocycles. The summed E-state index contributed by atoms with van der Waals surface area (Å²) in [5.41, 5.74) is 1.13. The lowest BCUT2D eigenvalue weighted by atomic mass is 9.95. The van der Waals surface area contributed by atoms with Crippen LogP contribution >= 0.6 is 15.9 Å². The van der Waals surface area contributed by atoms with E-state index >= 15 is 0 Å². The molecule has 1 fully saturated rings. The number of benzene rings is 1. The summed E-state index contributed by atoms with van der Waals surface area (Å²) in [6.45, 7) is 3.25. The number of non-ortho nitro benzene ring substituents is 1. The number of likely N-dealkylation sites (tertiary alicyclic amines) is 1. The van der Waals surface area contributed by atoms with Crippen molar-refractivity contribution in [2.75, 3.05) is 18.4 Å². The molecule has 1 aromatic rings. The van der Waals surface area contributed by atoms with Gasteiger partial charge in [-0.2, -0.15) is 0 Å². The van der Waals surface area contributed by atoms with Crippen molar-refractivity contribution in [3.8, 4) is 0 Å². The molecule has 1 amide bonds. The molecule has 114 valence electrons. The minimum Gasteiger partial charge on any atom is -0.338 e. The molecule has 1 atom stereocenters. The maximum atomic E-state index is 12.6. The molecule has 1 saturated heterocycles. The molecule has 21 heavy (non-hydrogen) atoms. The molecule has 0 bridgehead atoms. The number of halogens is 1. The first kappa shape index (κ1) is 15.9. The highest BCUT2D eigenvalue weighted by Gasteiger charge is 2.25. The maximum absolute atomic E-state index is 12.6. The predicted molar refractivity (Wildman–Crippen MR) is 84.9 cm³/mol. The molecule has 0 aromatic heterocycles. The van der Waals surface area contributed by atoms with Crippen LogP contribution in [0.25, 0.3) is 0 Å². The average Bonchev–Trinajstić information content (AvgIpc) is 2.46. The molecule has 6 heteroatoms. The third-order valence-corrected chi connectivity index (χ3v) is 4.30. The van der Waals surface area contributed by atoms with Crippen LogP contribution < -0.4 is 0 Å². The summed E-state index contributed by atoms with van der Waals surface area (Å²) in [5, 5.41) is 11.9. The summed E-state index contributed by atoms with van der Waals surface area (Å²) in [6.07, 6.45) is 3.19. The third kappa shape index (κ3) is 4.03. The van der Waals surface area contributed by atoms with Gasteiger partial charge in [-0.05, 0) is 43.7 Å². The van der Waals surface area contributed by atoms with Crippen LogP contribution in [-0.4, -0.2) is 34.2 Å². The Morgan fingerprint density at radius 1 is 1.48 bits per heavy atom. The quantitative estimate of drug-likeness (QED) is 0.471. The monoisotopic (exact) mass is 354 g/mol. The zero-order chi connectivity index (χ0) is 15.4. The number of carbonyl (C=O) groups is 1. The Labute approximate surface area is 132 Å². The van der Waals surface area contributed by atoms with Gasteiger partial charge in [0.1, 0.15) is 0 Å². The summed E-state index contributed by atoms with van der Waals surface area (Å²) < 4.78 is 0. The Bertz CT molecular complexity index is 546. The van der Waals surface area contributed by atoms with Crippen molar-refractivity contribution in [3.05, 3.63) is 39.4 Å². The van der Waals surface area contributed by atoms with E-state index in [0.29, 0.717) is 11.5 Å². The molecule has 1 aromatic carbocycles. The zero-order valence-corrected chi connectivity index (χ0v) is 13.6. The number of rotatable bonds is 4. The number of hydrogen-bond acceptors (Lipinski definition) is 3. The highest BCUT2D eigenvalue weighted by molar-refractivity contribution is 9.09. The van der Waals surface area contributed by atoms with E-state index in [1.807, 2.05) is 4.90 Å². The van der Waals surface area contributed by atoms with Crippen LogP contribution in [0.3, 0.4) is 0 Å². The van der Waals surface area contributed by atoms with E-state index in [4.69, 9.17) is 0 Å². The van der Waals surface area contributed by atoms with Gasteiger partial charge in [0.05, 0.1) is 4.92 Å². The van der Waals surface area contributed by atoms with E-state index in [2.05, 4.69) is 15.9 Å². The van der Waals surface area contributed by atoms with Gasteiger partial charge in [0.25, 0.3) is 11.6 Å². The van der Waals surface area contributed by atoms with Crippen molar-refractivity contribution in [2.24, 2.45) is 5.92 Å². The van der Waals surface area contributed by atoms with Crippen LogP contribution in [0.15, 0.2) is 18.2 Å². The number of piperidine rings is 1. The lowest BCUT2D eigenvalue weighted by Crippen LogP contribution is -2.40. The minimum absolute atomic E-state index is 0.0210. The topological polar surface area (TPSA) is 63.5 Å². The Morgan fingerprint density at radius 3 is 2.90 bits per heavy atom. The first-order chi connectivity index (χ1) is 10.0. The molecular weight excluding hydrogens is 336 g/mol. The van der Waals surface area contributed by atoms with Crippen LogP contribution in [0.2, 0.25) is 0 Å². The van der Waals surface area contributed by atoms with E-state index in [1.54, 1.807) is 13.0 Å². The molecule has 2 rings (SSSR count). The van der Waals surface area contributed by atoms with E-state index in [-0.39, 0.29) is 11.6 Å². The summed E-state index contributed by atoms with van der Waals surface area (Å²) in [5.74, 6) is 0.419. The van der Waals surface area contributed by atoms with Gasteiger partial charge in [-0.15, -0.1) is 0 Å². The summed E-state index contributed by atoms with van der Waals surface area (Å²) >= 11 is 3.44. The third-order valence-electron chi connectivity index (χ3n) is 3.84. The molecule has 1 heterocycles. The molecule has 5 nitrogen and oxygen atoms in total. The number of nitro groups is 1. The highest BCUT2D eigenvalue weighted by atomic mass is 79.9. The van der Waals surface area contributed by atoms with Gasteiger partial charge >= 0.3 is 0 Å². The molecule has 1 aliphatic heterocycles. The highest BCUT2D eigenvalue weighted by Crippen LogP contribution is 2.24. The van der Waals surface area contributed by atoms with E-state index in [0.717, 1.165) is 43.2 Å². The Morgan fingerprint density at radius 2 is 2.24 bits per heavy atom. The normalized spacial score (nSPS) is 18.6. The second-order valence-electron chi connectivity index (χ2n) is 5.55. The average molecular weight is 355 g/mol. The van der Waals surface area contributed by atoms with Crippen LogP contribution in [-0.2, 0) is 0 Å². The molecule has 1 unspecified atom stereocenters. The molecular formula is C15H19BrN2O3. The number of nitrogens with zero attached hydrogens (tertiary/aromatic N) is 2. The predicted octanol–water partition coefficient (Wildman–Crippen LogP) is 3.54. The number of nitro benzene ring substituents is 1. The SMILES string of the molecule is Cc1cc(C(=O)N2CCCC(CCBr)C2)cc([N+](=O)[O-])c1. The first-order valence-electron chi connectivity index (χ1n) is 7.12. The Kier molecular flexibility index (Phi) is 5.33. The second-order valence-corrected chi connectivity index (χ2v) is 6.34. The molecule has 1 aliphatic rings.